The number of carbonyl (C=O) groups excluding carboxylic acids is 2. The van der Waals surface area contributed by atoms with Gasteiger partial charge in [0.25, 0.3) is 5.91 Å². The van der Waals surface area contributed by atoms with Crippen molar-refractivity contribution < 1.29 is 14.0 Å². The number of rotatable bonds is 8. The van der Waals surface area contributed by atoms with E-state index in [-0.39, 0.29) is 24.4 Å². The van der Waals surface area contributed by atoms with Gasteiger partial charge in [-0.2, -0.15) is 0 Å². The molecule has 0 spiro atoms. The van der Waals surface area contributed by atoms with E-state index in [2.05, 4.69) is 31.5 Å². The predicted molar refractivity (Wildman–Crippen MR) is 115 cm³/mol. The molecule has 1 heterocycles. The summed E-state index contributed by atoms with van der Waals surface area (Å²) in [6.07, 6.45) is 3.74. The van der Waals surface area contributed by atoms with Gasteiger partial charge in [0.1, 0.15) is 5.82 Å². The van der Waals surface area contributed by atoms with Gasteiger partial charge < -0.3 is 15.5 Å². The van der Waals surface area contributed by atoms with Crippen LogP contribution < -0.4 is 10.6 Å². The van der Waals surface area contributed by atoms with Crippen LogP contribution in [0.2, 0.25) is 0 Å². The van der Waals surface area contributed by atoms with Crippen LogP contribution in [-0.4, -0.2) is 42.9 Å². The van der Waals surface area contributed by atoms with Crippen LogP contribution in [0.5, 0.6) is 0 Å². The van der Waals surface area contributed by atoms with Crippen molar-refractivity contribution in [2.75, 3.05) is 31.5 Å². The van der Waals surface area contributed by atoms with Gasteiger partial charge in [0.2, 0.25) is 5.91 Å². The normalized spacial score (nSPS) is 14.0. The molecule has 1 aliphatic rings. The minimum absolute atomic E-state index is 0.134. The van der Waals surface area contributed by atoms with Crippen LogP contribution in [0, 0.1) is 5.82 Å². The Balaban J connectivity index is 1.39. The molecule has 1 fully saturated rings. The van der Waals surface area contributed by atoms with Crippen LogP contribution in [0.1, 0.15) is 35.2 Å². The molecule has 7 heteroatoms. The zero-order valence-corrected chi connectivity index (χ0v) is 17.8. The molecule has 1 aliphatic heterocycles. The number of nitrogens with one attached hydrogen (secondary N) is 2. The van der Waals surface area contributed by atoms with E-state index in [1.807, 2.05) is 24.3 Å². The quantitative estimate of drug-likeness (QED) is 0.624. The number of nitrogens with zero attached hydrogens (tertiary/aromatic N) is 1. The SMILES string of the molecule is O=C(CCNC(=O)c1cc(F)ccc1Br)Nc1ccc(CCN2CCCC2)cc1. The molecule has 2 amide bonds. The van der Waals surface area contributed by atoms with Crippen molar-refractivity contribution in [3.05, 3.63) is 63.9 Å². The standard InChI is InChI=1S/C22H25BrFN3O2/c23-20-8-5-17(24)15-19(20)22(29)25-11-9-21(28)26-18-6-3-16(4-7-18)10-14-27-12-1-2-13-27/h3-8,15H,1-2,9-14H2,(H,25,29)(H,26,28). The Hall–Kier alpha value is -2.25. The highest BCUT2D eigenvalue weighted by molar-refractivity contribution is 9.10. The van der Waals surface area contributed by atoms with Crippen molar-refractivity contribution in [1.82, 2.24) is 10.2 Å². The molecule has 2 N–H and O–H groups in total. The number of amides is 2. The lowest BCUT2D eigenvalue weighted by Crippen LogP contribution is -2.28. The molecule has 0 saturated carbocycles. The van der Waals surface area contributed by atoms with Crippen LogP contribution in [0.15, 0.2) is 46.9 Å². The highest BCUT2D eigenvalue weighted by Gasteiger charge is 2.12. The summed E-state index contributed by atoms with van der Waals surface area (Å²) < 4.78 is 13.8. The molecule has 0 unspecified atom stereocenters. The molecular formula is C22H25BrFN3O2. The lowest BCUT2D eigenvalue weighted by atomic mass is 10.1. The Morgan fingerprint density at radius 3 is 2.52 bits per heavy atom. The first-order chi connectivity index (χ1) is 14.0. The van der Waals surface area contributed by atoms with Crippen molar-refractivity contribution in [3.63, 3.8) is 0 Å². The number of halogens is 2. The van der Waals surface area contributed by atoms with Gasteiger partial charge in [0.05, 0.1) is 5.56 Å². The Bertz CT molecular complexity index is 852. The molecule has 0 atom stereocenters. The summed E-state index contributed by atoms with van der Waals surface area (Å²) in [7, 11) is 0. The molecular weight excluding hydrogens is 437 g/mol. The Kier molecular flexibility index (Phi) is 7.77. The number of anilines is 1. The summed E-state index contributed by atoms with van der Waals surface area (Å²) in [6, 6.07) is 11.8. The molecule has 0 aliphatic carbocycles. The monoisotopic (exact) mass is 461 g/mol. The average molecular weight is 462 g/mol. The minimum atomic E-state index is -0.486. The third-order valence-corrected chi connectivity index (χ3v) is 5.66. The van der Waals surface area contributed by atoms with Crippen LogP contribution in [0.25, 0.3) is 0 Å². The summed E-state index contributed by atoms with van der Waals surface area (Å²) in [5.41, 5.74) is 2.19. The maximum atomic E-state index is 13.3. The molecule has 5 nitrogen and oxygen atoms in total. The average Bonchev–Trinajstić information content (AvgIpc) is 3.23. The first-order valence-electron chi connectivity index (χ1n) is 9.85. The van der Waals surface area contributed by atoms with Gasteiger partial charge in [-0.3, -0.25) is 9.59 Å². The third kappa shape index (κ3) is 6.65. The molecule has 2 aromatic carbocycles. The van der Waals surface area contributed by atoms with Crippen LogP contribution in [-0.2, 0) is 11.2 Å². The molecule has 1 saturated heterocycles. The van der Waals surface area contributed by atoms with Crippen LogP contribution in [0.4, 0.5) is 10.1 Å². The fourth-order valence-corrected chi connectivity index (χ4v) is 3.75. The zero-order chi connectivity index (χ0) is 20.6. The van der Waals surface area contributed by atoms with Gasteiger partial charge in [0.15, 0.2) is 0 Å². The first kappa shape index (κ1) is 21.5. The van der Waals surface area contributed by atoms with Gasteiger partial charge in [-0.05, 0) is 84.2 Å². The van der Waals surface area contributed by atoms with Crippen molar-refractivity contribution in [2.45, 2.75) is 25.7 Å². The second-order valence-electron chi connectivity index (χ2n) is 7.17. The second kappa shape index (κ2) is 10.5. The molecule has 29 heavy (non-hydrogen) atoms. The number of carbonyl (C=O) groups is 2. The number of benzene rings is 2. The topological polar surface area (TPSA) is 61.4 Å². The third-order valence-electron chi connectivity index (χ3n) is 4.96. The largest absolute Gasteiger partial charge is 0.351 e. The van der Waals surface area contributed by atoms with E-state index in [1.54, 1.807) is 0 Å². The Morgan fingerprint density at radius 1 is 1.07 bits per heavy atom. The molecule has 0 bridgehead atoms. The van der Waals surface area contributed by atoms with Gasteiger partial charge in [-0.15, -0.1) is 0 Å². The Morgan fingerprint density at radius 2 is 1.79 bits per heavy atom. The molecule has 3 rings (SSSR count). The van der Waals surface area contributed by atoms with E-state index >= 15 is 0 Å². The lowest BCUT2D eigenvalue weighted by Gasteiger charge is -2.14. The van der Waals surface area contributed by atoms with E-state index in [9.17, 15) is 14.0 Å². The lowest BCUT2D eigenvalue weighted by molar-refractivity contribution is -0.116. The summed E-state index contributed by atoms with van der Waals surface area (Å²) in [6.45, 7) is 3.63. The van der Waals surface area contributed by atoms with Crippen LogP contribution in [0.3, 0.4) is 0 Å². The number of hydrogen-bond acceptors (Lipinski definition) is 3. The second-order valence-corrected chi connectivity index (χ2v) is 8.03. The van der Waals surface area contributed by atoms with Gasteiger partial charge in [0, 0.05) is 29.7 Å². The van der Waals surface area contributed by atoms with E-state index in [1.165, 1.54) is 43.6 Å². The first-order valence-corrected chi connectivity index (χ1v) is 10.6. The molecule has 0 radical (unpaired) electrons. The fraction of sp³-hybridized carbons (Fsp3) is 0.364. The van der Waals surface area contributed by atoms with E-state index in [4.69, 9.17) is 0 Å². The minimum Gasteiger partial charge on any atom is -0.351 e. The Labute approximate surface area is 178 Å². The fourth-order valence-electron chi connectivity index (χ4n) is 3.33. The maximum absolute atomic E-state index is 13.3. The highest BCUT2D eigenvalue weighted by Crippen LogP contribution is 2.17. The van der Waals surface area contributed by atoms with Gasteiger partial charge in [-0.1, -0.05) is 12.1 Å². The maximum Gasteiger partial charge on any atom is 0.252 e. The molecule has 154 valence electrons. The number of likely N-dealkylation sites (tertiary alicyclic amines) is 1. The summed E-state index contributed by atoms with van der Waals surface area (Å²) in [4.78, 5) is 26.7. The summed E-state index contributed by atoms with van der Waals surface area (Å²) in [5, 5.41) is 5.47. The van der Waals surface area contributed by atoms with Gasteiger partial charge >= 0.3 is 0 Å². The van der Waals surface area contributed by atoms with E-state index < -0.39 is 11.7 Å². The van der Waals surface area contributed by atoms with E-state index in [0.717, 1.165) is 24.7 Å². The van der Waals surface area contributed by atoms with Crippen molar-refractivity contribution >= 4 is 33.4 Å². The van der Waals surface area contributed by atoms with Crippen molar-refractivity contribution in [2.24, 2.45) is 0 Å². The van der Waals surface area contributed by atoms with Crippen molar-refractivity contribution in [3.8, 4) is 0 Å². The summed E-state index contributed by atoms with van der Waals surface area (Å²) >= 11 is 3.22. The molecule has 2 aromatic rings. The smallest absolute Gasteiger partial charge is 0.252 e. The number of hydrogen-bond donors (Lipinski definition) is 2. The van der Waals surface area contributed by atoms with Gasteiger partial charge in [-0.25, -0.2) is 4.39 Å². The predicted octanol–water partition coefficient (Wildman–Crippen LogP) is 3.99. The zero-order valence-electron chi connectivity index (χ0n) is 16.2. The van der Waals surface area contributed by atoms with E-state index in [0.29, 0.717) is 4.47 Å². The highest BCUT2D eigenvalue weighted by atomic mass is 79.9. The summed E-state index contributed by atoms with van der Waals surface area (Å²) in [5.74, 6) is -1.10. The van der Waals surface area contributed by atoms with Crippen LogP contribution >= 0.6 is 15.9 Å². The molecule has 0 aromatic heterocycles. The van der Waals surface area contributed by atoms with Crippen molar-refractivity contribution in [1.29, 1.82) is 0 Å².